The maximum Gasteiger partial charge on any atom is 0.121 e. The summed E-state index contributed by atoms with van der Waals surface area (Å²) in [4.78, 5) is 10.7. The van der Waals surface area contributed by atoms with Crippen LogP contribution in [-0.4, -0.2) is 42.2 Å². The van der Waals surface area contributed by atoms with Crippen molar-refractivity contribution < 1.29 is 9.47 Å². The number of aromatic amines is 1. The molecule has 5 heteroatoms. The number of nitrogens with one attached hydrogen (secondary N) is 1. The predicted molar refractivity (Wildman–Crippen MR) is 98.3 cm³/mol. The van der Waals surface area contributed by atoms with E-state index in [2.05, 4.69) is 22.0 Å². The second kappa shape index (κ2) is 6.76. The molecule has 1 N–H and O–H groups in total. The van der Waals surface area contributed by atoms with Crippen LogP contribution >= 0.6 is 0 Å². The molecule has 1 saturated heterocycles. The summed E-state index contributed by atoms with van der Waals surface area (Å²) >= 11 is 0. The van der Waals surface area contributed by atoms with E-state index < -0.39 is 0 Å². The predicted octanol–water partition coefficient (Wildman–Crippen LogP) is 3.57. The van der Waals surface area contributed by atoms with Gasteiger partial charge in [-0.05, 0) is 42.8 Å². The smallest absolute Gasteiger partial charge is 0.121 e. The maximum absolute atomic E-state index is 5.29. The maximum atomic E-state index is 5.29. The Kier molecular flexibility index (Phi) is 4.32. The number of rotatable bonds is 5. The van der Waals surface area contributed by atoms with Crippen LogP contribution < -0.4 is 9.47 Å². The molecule has 1 aliphatic heterocycles. The van der Waals surface area contributed by atoms with E-state index in [0.717, 1.165) is 54.4 Å². The number of H-pyrrole nitrogens is 1. The third-order valence-corrected chi connectivity index (χ3v) is 4.93. The van der Waals surface area contributed by atoms with E-state index in [4.69, 9.17) is 14.5 Å². The van der Waals surface area contributed by atoms with Crippen LogP contribution in [0.4, 0.5) is 0 Å². The first-order chi connectivity index (χ1) is 12.2. The van der Waals surface area contributed by atoms with Gasteiger partial charge >= 0.3 is 0 Å². The molecule has 0 radical (unpaired) electrons. The number of benzene rings is 2. The van der Waals surface area contributed by atoms with Crippen LogP contribution in [0.25, 0.3) is 11.0 Å². The summed E-state index contributed by atoms with van der Waals surface area (Å²) in [5, 5.41) is 0. The topological polar surface area (TPSA) is 50.4 Å². The Morgan fingerprint density at radius 3 is 2.60 bits per heavy atom. The highest BCUT2D eigenvalue weighted by Gasteiger charge is 2.26. The molecule has 5 nitrogen and oxygen atoms in total. The summed E-state index contributed by atoms with van der Waals surface area (Å²) in [5.41, 5.74) is 3.36. The number of ether oxygens (including phenoxy) is 2. The number of fused-ring (bicyclic) bond motifs is 1. The van der Waals surface area contributed by atoms with E-state index >= 15 is 0 Å². The van der Waals surface area contributed by atoms with Crippen molar-refractivity contribution in [1.29, 1.82) is 0 Å². The molecule has 4 rings (SSSR count). The molecule has 2 aromatic carbocycles. The Bertz CT molecular complexity index is 857. The fraction of sp³-hybridized carbons (Fsp3) is 0.350. The van der Waals surface area contributed by atoms with Crippen LogP contribution in [0.3, 0.4) is 0 Å². The summed E-state index contributed by atoms with van der Waals surface area (Å²) in [7, 11) is 3.38. The average molecular weight is 337 g/mol. The molecule has 1 aromatic heterocycles. The van der Waals surface area contributed by atoms with Crippen molar-refractivity contribution in [3.8, 4) is 11.5 Å². The Morgan fingerprint density at radius 2 is 1.84 bits per heavy atom. The molecule has 2 heterocycles. The zero-order chi connectivity index (χ0) is 17.2. The summed E-state index contributed by atoms with van der Waals surface area (Å²) in [6.45, 7) is 3.09. The van der Waals surface area contributed by atoms with Crippen molar-refractivity contribution in [3.63, 3.8) is 0 Å². The van der Waals surface area contributed by atoms with E-state index in [1.165, 1.54) is 5.56 Å². The van der Waals surface area contributed by atoms with Crippen LogP contribution in [-0.2, 0) is 6.54 Å². The van der Waals surface area contributed by atoms with Crippen LogP contribution in [0, 0.1) is 0 Å². The molecule has 1 unspecified atom stereocenters. The molecule has 0 spiro atoms. The van der Waals surface area contributed by atoms with Gasteiger partial charge in [0.05, 0.1) is 25.3 Å². The summed E-state index contributed by atoms with van der Waals surface area (Å²) < 4.78 is 10.5. The first kappa shape index (κ1) is 16.0. The summed E-state index contributed by atoms with van der Waals surface area (Å²) in [6.07, 6.45) is 1.13. The van der Waals surface area contributed by atoms with E-state index in [1.54, 1.807) is 14.2 Å². The highest BCUT2D eigenvalue weighted by atomic mass is 16.5. The van der Waals surface area contributed by atoms with Gasteiger partial charge in [0, 0.05) is 25.1 Å². The molecule has 1 atom stereocenters. The SMILES string of the molecule is COc1ccc(CN2CCC(c3nc4ccc(OC)cc4[nH]3)C2)cc1. The highest BCUT2D eigenvalue weighted by Crippen LogP contribution is 2.29. The largest absolute Gasteiger partial charge is 0.497 e. The van der Waals surface area contributed by atoms with Crippen LogP contribution in [0.5, 0.6) is 11.5 Å². The average Bonchev–Trinajstić information content (AvgIpc) is 3.28. The van der Waals surface area contributed by atoms with Crippen LogP contribution in [0.15, 0.2) is 42.5 Å². The number of imidazole rings is 1. The van der Waals surface area contributed by atoms with Crippen molar-refractivity contribution >= 4 is 11.0 Å². The van der Waals surface area contributed by atoms with E-state index in [0.29, 0.717) is 5.92 Å². The Balaban J connectivity index is 1.44. The van der Waals surface area contributed by atoms with Gasteiger partial charge < -0.3 is 14.5 Å². The van der Waals surface area contributed by atoms with Crippen molar-refractivity contribution in [2.45, 2.75) is 18.9 Å². The van der Waals surface area contributed by atoms with Gasteiger partial charge in [-0.15, -0.1) is 0 Å². The molecular weight excluding hydrogens is 314 g/mol. The lowest BCUT2D eigenvalue weighted by atomic mass is 10.1. The molecule has 0 bridgehead atoms. The van der Waals surface area contributed by atoms with Crippen LogP contribution in [0.2, 0.25) is 0 Å². The standard InChI is InChI=1S/C20H23N3O2/c1-24-16-5-3-14(4-6-16)12-23-10-9-15(13-23)20-21-18-8-7-17(25-2)11-19(18)22-20/h3-8,11,15H,9-10,12-13H2,1-2H3,(H,21,22). The normalized spacial score (nSPS) is 17.9. The molecule has 1 aliphatic rings. The van der Waals surface area contributed by atoms with E-state index in [-0.39, 0.29) is 0 Å². The third-order valence-electron chi connectivity index (χ3n) is 4.93. The lowest BCUT2D eigenvalue weighted by Crippen LogP contribution is -2.19. The van der Waals surface area contributed by atoms with Crippen molar-refractivity contribution in [1.82, 2.24) is 14.9 Å². The number of methoxy groups -OCH3 is 2. The van der Waals surface area contributed by atoms with Gasteiger partial charge in [0.2, 0.25) is 0 Å². The summed E-state index contributed by atoms with van der Waals surface area (Å²) in [6, 6.07) is 14.3. The van der Waals surface area contributed by atoms with Gasteiger partial charge in [-0.25, -0.2) is 4.98 Å². The highest BCUT2D eigenvalue weighted by molar-refractivity contribution is 5.76. The zero-order valence-electron chi connectivity index (χ0n) is 14.7. The first-order valence-electron chi connectivity index (χ1n) is 8.64. The van der Waals surface area contributed by atoms with E-state index in [9.17, 15) is 0 Å². The second-order valence-electron chi connectivity index (χ2n) is 6.57. The van der Waals surface area contributed by atoms with Crippen molar-refractivity contribution in [2.24, 2.45) is 0 Å². The zero-order valence-corrected chi connectivity index (χ0v) is 14.7. The third kappa shape index (κ3) is 3.33. The molecule has 3 aromatic rings. The molecule has 0 aliphatic carbocycles. The second-order valence-corrected chi connectivity index (χ2v) is 6.57. The Hall–Kier alpha value is -2.53. The lowest BCUT2D eigenvalue weighted by Gasteiger charge is -2.15. The summed E-state index contributed by atoms with van der Waals surface area (Å²) in [5.74, 6) is 3.30. The lowest BCUT2D eigenvalue weighted by molar-refractivity contribution is 0.325. The van der Waals surface area contributed by atoms with E-state index in [1.807, 2.05) is 30.3 Å². The molecular formula is C20H23N3O2. The molecule has 1 fully saturated rings. The van der Waals surface area contributed by atoms with Gasteiger partial charge in [-0.2, -0.15) is 0 Å². The van der Waals surface area contributed by atoms with Gasteiger partial charge in [0.15, 0.2) is 0 Å². The Labute approximate surface area is 147 Å². The number of nitrogens with zero attached hydrogens (tertiary/aromatic N) is 2. The molecule has 130 valence electrons. The van der Waals surface area contributed by atoms with Crippen molar-refractivity contribution in [2.75, 3.05) is 27.3 Å². The first-order valence-corrected chi connectivity index (χ1v) is 8.64. The van der Waals surface area contributed by atoms with Crippen molar-refractivity contribution in [3.05, 3.63) is 53.9 Å². The quantitative estimate of drug-likeness (QED) is 0.773. The monoisotopic (exact) mass is 337 g/mol. The van der Waals surface area contributed by atoms with Crippen LogP contribution in [0.1, 0.15) is 23.7 Å². The van der Waals surface area contributed by atoms with Gasteiger partial charge in [-0.3, -0.25) is 4.90 Å². The number of likely N-dealkylation sites (tertiary alicyclic amines) is 1. The van der Waals surface area contributed by atoms with Gasteiger partial charge in [0.1, 0.15) is 17.3 Å². The molecule has 25 heavy (non-hydrogen) atoms. The number of aromatic nitrogens is 2. The van der Waals surface area contributed by atoms with Gasteiger partial charge in [-0.1, -0.05) is 12.1 Å². The number of hydrogen-bond donors (Lipinski definition) is 1. The fourth-order valence-electron chi connectivity index (χ4n) is 3.52. The molecule has 0 amide bonds. The minimum absolute atomic E-state index is 0.455. The molecule has 0 saturated carbocycles. The minimum atomic E-state index is 0.455. The fourth-order valence-corrected chi connectivity index (χ4v) is 3.52. The Morgan fingerprint density at radius 1 is 1.08 bits per heavy atom. The van der Waals surface area contributed by atoms with Gasteiger partial charge in [0.25, 0.3) is 0 Å². The minimum Gasteiger partial charge on any atom is -0.497 e. The number of hydrogen-bond acceptors (Lipinski definition) is 4.